The van der Waals surface area contributed by atoms with E-state index in [1.54, 1.807) is 0 Å². The zero-order chi connectivity index (χ0) is 15.3. The van der Waals surface area contributed by atoms with Crippen molar-refractivity contribution in [3.05, 3.63) is 35.9 Å². The Kier molecular flexibility index (Phi) is 5.80. The summed E-state index contributed by atoms with van der Waals surface area (Å²) in [4.78, 5) is 2.66. The Labute approximate surface area is 129 Å². The molecular weight excluding hydrogens is 260 g/mol. The predicted octanol–water partition coefficient (Wildman–Crippen LogP) is 3.01. The normalized spacial score (nSPS) is 28.5. The van der Waals surface area contributed by atoms with Crippen LogP contribution >= 0.6 is 0 Å². The summed E-state index contributed by atoms with van der Waals surface area (Å²) in [5, 5.41) is 3.78. The third kappa shape index (κ3) is 3.65. The largest absolute Gasteiger partial charge is 0.383 e. The van der Waals surface area contributed by atoms with Crippen molar-refractivity contribution in [2.24, 2.45) is 0 Å². The predicted molar refractivity (Wildman–Crippen MR) is 88.5 cm³/mol. The average Bonchev–Trinajstić information content (AvgIpc) is 2.53. The van der Waals surface area contributed by atoms with E-state index in [1.807, 2.05) is 7.11 Å². The van der Waals surface area contributed by atoms with Gasteiger partial charge in [-0.05, 0) is 25.3 Å². The van der Waals surface area contributed by atoms with Crippen molar-refractivity contribution in [2.45, 2.75) is 51.2 Å². The molecule has 0 spiro atoms. The number of nitrogens with one attached hydrogen (secondary N) is 1. The van der Waals surface area contributed by atoms with Crippen LogP contribution in [0.2, 0.25) is 0 Å². The molecule has 0 amide bonds. The Morgan fingerprint density at radius 2 is 2.05 bits per heavy atom. The van der Waals surface area contributed by atoms with E-state index in [1.165, 1.54) is 12.0 Å². The smallest absolute Gasteiger partial charge is 0.0618 e. The molecule has 1 heterocycles. The maximum absolute atomic E-state index is 5.45. The van der Waals surface area contributed by atoms with Crippen molar-refractivity contribution < 1.29 is 4.74 Å². The lowest BCUT2D eigenvalue weighted by molar-refractivity contribution is 0.00788. The average molecular weight is 290 g/mol. The van der Waals surface area contributed by atoms with Gasteiger partial charge >= 0.3 is 0 Å². The number of rotatable bonds is 6. The Morgan fingerprint density at radius 1 is 1.33 bits per heavy atom. The van der Waals surface area contributed by atoms with Crippen molar-refractivity contribution in [2.75, 3.05) is 26.8 Å². The second-order valence-corrected chi connectivity index (χ2v) is 6.33. The summed E-state index contributed by atoms with van der Waals surface area (Å²) in [5.74, 6) is 0. The third-order valence-electron chi connectivity index (χ3n) is 4.88. The summed E-state index contributed by atoms with van der Waals surface area (Å²) < 4.78 is 5.45. The second kappa shape index (κ2) is 7.39. The number of benzene rings is 1. The topological polar surface area (TPSA) is 24.5 Å². The summed E-state index contributed by atoms with van der Waals surface area (Å²) in [6.45, 7) is 9.76. The molecule has 1 saturated heterocycles. The number of ether oxygens (including phenoxy) is 1. The summed E-state index contributed by atoms with van der Waals surface area (Å²) in [6.07, 6.45) is 2.31. The molecule has 1 aromatic carbocycles. The first-order chi connectivity index (χ1) is 10.1. The molecule has 1 N–H and O–H groups in total. The van der Waals surface area contributed by atoms with E-state index in [0.29, 0.717) is 12.1 Å². The van der Waals surface area contributed by atoms with Crippen molar-refractivity contribution in [3.63, 3.8) is 0 Å². The number of hydrogen-bond donors (Lipinski definition) is 1. The summed E-state index contributed by atoms with van der Waals surface area (Å²) >= 11 is 0. The van der Waals surface area contributed by atoms with Crippen LogP contribution in [0.3, 0.4) is 0 Å². The first-order valence-corrected chi connectivity index (χ1v) is 8.19. The molecule has 2 rings (SSSR count). The van der Waals surface area contributed by atoms with Crippen LogP contribution in [-0.2, 0) is 10.3 Å². The maximum atomic E-state index is 5.45. The highest BCUT2D eigenvalue weighted by molar-refractivity contribution is 5.25. The van der Waals surface area contributed by atoms with E-state index in [9.17, 15) is 0 Å². The fourth-order valence-corrected chi connectivity index (χ4v) is 3.46. The van der Waals surface area contributed by atoms with Crippen molar-refractivity contribution in [1.29, 1.82) is 0 Å². The minimum Gasteiger partial charge on any atom is -0.383 e. The van der Waals surface area contributed by atoms with E-state index >= 15 is 0 Å². The van der Waals surface area contributed by atoms with Crippen LogP contribution in [0, 0.1) is 0 Å². The molecular formula is C18H30N2O. The second-order valence-electron chi connectivity index (χ2n) is 6.33. The molecule has 21 heavy (non-hydrogen) atoms. The van der Waals surface area contributed by atoms with Crippen LogP contribution in [-0.4, -0.2) is 43.8 Å². The monoisotopic (exact) mass is 290 g/mol. The molecule has 3 heteroatoms. The highest BCUT2D eigenvalue weighted by Crippen LogP contribution is 2.29. The Hall–Kier alpha value is -0.900. The molecule has 0 aliphatic carbocycles. The van der Waals surface area contributed by atoms with Gasteiger partial charge in [0.25, 0.3) is 0 Å². The molecule has 0 radical (unpaired) electrons. The van der Waals surface area contributed by atoms with Gasteiger partial charge in [-0.1, -0.05) is 44.2 Å². The van der Waals surface area contributed by atoms with Crippen molar-refractivity contribution in [1.82, 2.24) is 10.2 Å². The molecule has 3 unspecified atom stereocenters. The standard InChI is InChI=1S/C18H30N2O/c1-5-16-12-19-18(3,15-10-8-7-9-11-15)14-20(16)17(6-2)13-21-4/h7-11,16-17,19H,5-6,12-14H2,1-4H3. The molecule has 1 aromatic rings. The van der Waals surface area contributed by atoms with Gasteiger partial charge in [0.1, 0.15) is 0 Å². The van der Waals surface area contributed by atoms with Gasteiger partial charge < -0.3 is 10.1 Å². The van der Waals surface area contributed by atoms with Gasteiger partial charge in [-0.15, -0.1) is 0 Å². The van der Waals surface area contributed by atoms with E-state index in [-0.39, 0.29) is 5.54 Å². The molecule has 1 aliphatic heterocycles. The van der Waals surface area contributed by atoms with E-state index in [4.69, 9.17) is 4.74 Å². The molecule has 0 saturated carbocycles. The summed E-state index contributed by atoms with van der Waals surface area (Å²) in [6, 6.07) is 11.9. The van der Waals surface area contributed by atoms with Crippen molar-refractivity contribution in [3.8, 4) is 0 Å². The fourth-order valence-electron chi connectivity index (χ4n) is 3.46. The molecule has 3 nitrogen and oxygen atoms in total. The van der Waals surface area contributed by atoms with E-state index in [0.717, 1.165) is 26.1 Å². The van der Waals surface area contributed by atoms with Gasteiger partial charge in [0, 0.05) is 32.3 Å². The Bertz CT molecular complexity index is 422. The fraction of sp³-hybridized carbons (Fsp3) is 0.667. The highest BCUT2D eigenvalue weighted by atomic mass is 16.5. The SMILES string of the molecule is CCC1CNC(C)(c2ccccc2)CN1C(CC)COC. The number of nitrogens with zero attached hydrogens (tertiary/aromatic N) is 1. The molecule has 0 aromatic heterocycles. The number of hydrogen-bond acceptors (Lipinski definition) is 3. The van der Waals surface area contributed by atoms with Gasteiger partial charge in [-0.2, -0.15) is 0 Å². The zero-order valence-electron chi connectivity index (χ0n) is 13.9. The van der Waals surface area contributed by atoms with Crippen LogP contribution in [0.25, 0.3) is 0 Å². The minimum atomic E-state index is 0.0219. The van der Waals surface area contributed by atoms with Crippen LogP contribution in [0.4, 0.5) is 0 Å². The Balaban J connectivity index is 2.21. The molecule has 1 aliphatic rings. The number of methoxy groups -OCH3 is 1. The summed E-state index contributed by atoms with van der Waals surface area (Å²) in [5.41, 5.74) is 1.39. The van der Waals surface area contributed by atoms with E-state index < -0.39 is 0 Å². The van der Waals surface area contributed by atoms with Gasteiger partial charge in [0.2, 0.25) is 0 Å². The Morgan fingerprint density at radius 3 is 2.62 bits per heavy atom. The lowest BCUT2D eigenvalue weighted by atomic mass is 9.86. The molecule has 0 bridgehead atoms. The van der Waals surface area contributed by atoms with Gasteiger partial charge in [0.05, 0.1) is 12.1 Å². The van der Waals surface area contributed by atoms with Crippen molar-refractivity contribution >= 4 is 0 Å². The van der Waals surface area contributed by atoms with Crippen LogP contribution < -0.4 is 5.32 Å². The minimum absolute atomic E-state index is 0.0219. The molecule has 3 atom stereocenters. The zero-order valence-corrected chi connectivity index (χ0v) is 13.9. The van der Waals surface area contributed by atoms with Crippen LogP contribution in [0.1, 0.15) is 39.2 Å². The first kappa shape index (κ1) is 16.5. The van der Waals surface area contributed by atoms with Crippen LogP contribution in [0.5, 0.6) is 0 Å². The summed E-state index contributed by atoms with van der Waals surface area (Å²) in [7, 11) is 1.81. The lowest BCUT2D eigenvalue weighted by Gasteiger charge is -2.49. The molecule has 118 valence electrons. The quantitative estimate of drug-likeness (QED) is 0.871. The molecule has 1 fully saturated rings. The van der Waals surface area contributed by atoms with Gasteiger partial charge in [-0.3, -0.25) is 4.90 Å². The van der Waals surface area contributed by atoms with E-state index in [2.05, 4.69) is 61.3 Å². The van der Waals surface area contributed by atoms with Gasteiger partial charge in [0.15, 0.2) is 0 Å². The third-order valence-corrected chi connectivity index (χ3v) is 4.88. The van der Waals surface area contributed by atoms with Crippen LogP contribution in [0.15, 0.2) is 30.3 Å². The number of piperazine rings is 1. The maximum Gasteiger partial charge on any atom is 0.0618 e. The highest BCUT2D eigenvalue weighted by Gasteiger charge is 2.38. The lowest BCUT2D eigenvalue weighted by Crippen LogP contribution is -2.63. The first-order valence-electron chi connectivity index (χ1n) is 8.19. The van der Waals surface area contributed by atoms with Gasteiger partial charge in [-0.25, -0.2) is 0 Å².